The van der Waals surface area contributed by atoms with E-state index in [2.05, 4.69) is 5.32 Å². The first-order valence-corrected chi connectivity index (χ1v) is 6.51. The first kappa shape index (κ1) is 15.9. The van der Waals surface area contributed by atoms with Crippen molar-refractivity contribution in [3.05, 3.63) is 0 Å². The maximum Gasteiger partial charge on any atom is 0.305 e. The van der Waals surface area contributed by atoms with Crippen molar-refractivity contribution < 1.29 is 19.4 Å². The minimum atomic E-state index is -0.905. The summed E-state index contributed by atoms with van der Waals surface area (Å²) in [4.78, 5) is 24.4. The second kappa shape index (κ2) is 5.88. The van der Waals surface area contributed by atoms with Gasteiger partial charge in [0.15, 0.2) is 0 Å². The summed E-state index contributed by atoms with van der Waals surface area (Å²) >= 11 is 0. The van der Waals surface area contributed by atoms with Crippen LogP contribution in [-0.2, 0) is 14.3 Å². The summed E-state index contributed by atoms with van der Waals surface area (Å²) in [7, 11) is 0. The predicted molar refractivity (Wildman–Crippen MR) is 70.9 cm³/mol. The van der Waals surface area contributed by atoms with E-state index in [-0.39, 0.29) is 31.1 Å². The highest BCUT2D eigenvalue weighted by Gasteiger charge is 2.34. The molecule has 0 saturated carbocycles. The molecule has 1 aliphatic heterocycles. The van der Waals surface area contributed by atoms with Gasteiger partial charge < -0.3 is 20.1 Å². The zero-order valence-electron chi connectivity index (χ0n) is 12.2. The molecule has 6 heteroatoms. The Morgan fingerprint density at radius 1 is 1.37 bits per heavy atom. The van der Waals surface area contributed by atoms with Gasteiger partial charge in [-0.25, -0.2) is 0 Å². The van der Waals surface area contributed by atoms with Crippen LogP contribution in [0.3, 0.4) is 0 Å². The van der Waals surface area contributed by atoms with Crippen LogP contribution in [0.25, 0.3) is 0 Å². The summed E-state index contributed by atoms with van der Waals surface area (Å²) in [6.45, 7) is 9.30. The summed E-state index contributed by atoms with van der Waals surface area (Å²) in [5, 5.41) is 11.8. The van der Waals surface area contributed by atoms with Gasteiger partial charge >= 0.3 is 5.97 Å². The lowest BCUT2D eigenvalue weighted by molar-refractivity contribution is -0.151. The number of carbonyl (C=O) groups excluding carboxylic acids is 1. The molecule has 1 rings (SSSR count). The molecule has 110 valence electrons. The molecule has 0 aliphatic carbocycles. The van der Waals surface area contributed by atoms with Crippen LogP contribution in [0.2, 0.25) is 0 Å². The van der Waals surface area contributed by atoms with Crippen molar-refractivity contribution in [2.75, 3.05) is 26.2 Å². The van der Waals surface area contributed by atoms with E-state index in [1.165, 1.54) is 0 Å². The summed E-state index contributed by atoms with van der Waals surface area (Å²) in [6, 6.07) is 0. The van der Waals surface area contributed by atoms with E-state index in [9.17, 15) is 9.59 Å². The highest BCUT2D eigenvalue weighted by atomic mass is 16.5. The fourth-order valence-corrected chi connectivity index (χ4v) is 1.93. The maximum absolute atomic E-state index is 12.2. The van der Waals surface area contributed by atoms with Crippen molar-refractivity contribution in [3.63, 3.8) is 0 Å². The molecule has 0 aromatic heterocycles. The molecule has 1 fully saturated rings. The standard InChI is InChI=1S/C13H24N2O4/c1-12(2,3)15(6-5-11(17)18)10(16)7-19-13(4)8-14-9-13/h14H,5-9H2,1-4H3,(H,17,18). The second-order valence-corrected chi connectivity index (χ2v) is 6.20. The number of carbonyl (C=O) groups is 2. The van der Waals surface area contributed by atoms with Crippen LogP contribution < -0.4 is 5.32 Å². The highest BCUT2D eigenvalue weighted by Crippen LogP contribution is 2.18. The van der Waals surface area contributed by atoms with Gasteiger partial charge in [-0.3, -0.25) is 9.59 Å². The Kier molecular flexibility index (Phi) is 4.92. The molecule has 2 N–H and O–H groups in total. The van der Waals surface area contributed by atoms with Crippen molar-refractivity contribution in [2.45, 2.75) is 45.3 Å². The van der Waals surface area contributed by atoms with E-state index >= 15 is 0 Å². The van der Waals surface area contributed by atoms with E-state index in [0.29, 0.717) is 0 Å². The number of nitrogens with one attached hydrogen (secondary N) is 1. The number of hydrogen-bond acceptors (Lipinski definition) is 4. The van der Waals surface area contributed by atoms with E-state index in [1.807, 2.05) is 27.7 Å². The number of hydrogen-bond donors (Lipinski definition) is 2. The second-order valence-electron chi connectivity index (χ2n) is 6.20. The van der Waals surface area contributed by atoms with Gasteiger partial charge in [0.2, 0.25) is 5.91 Å². The summed E-state index contributed by atoms with van der Waals surface area (Å²) in [5.74, 6) is -1.07. The van der Waals surface area contributed by atoms with Crippen LogP contribution >= 0.6 is 0 Å². The van der Waals surface area contributed by atoms with Gasteiger partial charge in [-0.15, -0.1) is 0 Å². The van der Waals surface area contributed by atoms with Crippen LogP contribution in [0.4, 0.5) is 0 Å². The predicted octanol–water partition coefficient (Wildman–Crippen LogP) is 0.467. The van der Waals surface area contributed by atoms with Gasteiger partial charge in [-0.1, -0.05) is 0 Å². The first-order chi connectivity index (χ1) is 8.64. The molecule has 0 radical (unpaired) electrons. The number of amides is 1. The van der Waals surface area contributed by atoms with Gasteiger partial charge in [0.05, 0.1) is 12.0 Å². The van der Waals surface area contributed by atoms with Gasteiger partial charge in [0.25, 0.3) is 0 Å². The van der Waals surface area contributed by atoms with Crippen LogP contribution in [0.1, 0.15) is 34.1 Å². The molecule has 19 heavy (non-hydrogen) atoms. The number of ether oxygens (including phenoxy) is 1. The number of carboxylic acids is 1. The molecule has 6 nitrogen and oxygen atoms in total. The minimum absolute atomic E-state index is 0.00489. The minimum Gasteiger partial charge on any atom is -0.481 e. The molecule has 1 saturated heterocycles. The van der Waals surface area contributed by atoms with Crippen molar-refractivity contribution in [1.82, 2.24) is 10.2 Å². The van der Waals surface area contributed by atoms with Gasteiger partial charge in [-0.2, -0.15) is 0 Å². The lowest BCUT2D eigenvalue weighted by atomic mass is 10.00. The average molecular weight is 272 g/mol. The lowest BCUT2D eigenvalue weighted by Gasteiger charge is -2.40. The topological polar surface area (TPSA) is 78.9 Å². The normalized spacial score (nSPS) is 17.7. The summed E-state index contributed by atoms with van der Waals surface area (Å²) < 4.78 is 5.61. The van der Waals surface area contributed by atoms with Crippen molar-refractivity contribution in [3.8, 4) is 0 Å². The average Bonchev–Trinajstić information content (AvgIpc) is 2.21. The smallest absolute Gasteiger partial charge is 0.305 e. The molecule has 1 amide bonds. The Balaban J connectivity index is 2.53. The molecular weight excluding hydrogens is 248 g/mol. The first-order valence-electron chi connectivity index (χ1n) is 6.51. The third kappa shape index (κ3) is 4.80. The molecule has 0 spiro atoms. The Morgan fingerprint density at radius 3 is 2.32 bits per heavy atom. The zero-order chi connectivity index (χ0) is 14.7. The van der Waals surface area contributed by atoms with Gasteiger partial charge in [0.1, 0.15) is 6.61 Å². The Hall–Kier alpha value is -1.14. The van der Waals surface area contributed by atoms with Crippen molar-refractivity contribution in [2.24, 2.45) is 0 Å². The monoisotopic (exact) mass is 272 g/mol. The third-order valence-electron chi connectivity index (χ3n) is 3.20. The molecule has 0 aromatic carbocycles. The molecular formula is C13H24N2O4. The fraction of sp³-hybridized carbons (Fsp3) is 0.846. The largest absolute Gasteiger partial charge is 0.481 e. The molecule has 0 unspecified atom stereocenters. The molecule has 0 bridgehead atoms. The van der Waals surface area contributed by atoms with Gasteiger partial charge in [-0.05, 0) is 27.7 Å². The third-order valence-corrected chi connectivity index (χ3v) is 3.20. The number of nitrogens with zero attached hydrogens (tertiary/aromatic N) is 1. The SMILES string of the molecule is CC1(OCC(=O)N(CCC(=O)O)C(C)(C)C)CNC1. The van der Waals surface area contributed by atoms with Crippen LogP contribution in [-0.4, -0.2) is 59.3 Å². The van der Waals surface area contributed by atoms with Crippen LogP contribution in [0.5, 0.6) is 0 Å². The fourth-order valence-electron chi connectivity index (χ4n) is 1.93. The quantitative estimate of drug-likeness (QED) is 0.734. The zero-order valence-corrected chi connectivity index (χ0v) is 12.2. The van der Waals surface area contributed by atoms with E-state index in [4.69, 9.17) is 9.84 Å². The Morgan fingerprint density at radius 2 is 1.95 bits per heavy atom. The summed E-state index contributed by atoms with van der Waals surface area (Å²) in [5.41, 5.74) is -0.680. The van der Waals surface area contributed by atoms with Crippen molar-refractivity contribution >= 4 is 11.9 Å². The lowest BCUT2D eigenvalue weighted by Crippen LogP contribution is -2.60. The molecule has 0 atom stereocenters. The summed E-state index contributed by atoms with van der Waals surface area (Å²) in [6.07, 6.45) is -0.0537. The van der Waals surface area contributed by atoms with E-state index < -0.39 is 11.5 Å². The molecule has 1 aliphatic rings. The number of rotatable bonds is 6. The number of aliphatic carboxylic acids is 1. The molecule has 0 aromatic rings. The Bertz CT molecular complexity index is 345. The van der Waals surface area contributed by atoms with E-state index in [0.717, 1.165) is 13.1 Å². The highest BCUT2D eigenvalue weighted by molar-refractivity contribution is 5.79. The van der Waals surface area contributed by atoms with Crippen LogP contribution in [0, 0.1) is 0 Å². The maximum atomic E-state index is 12.2. The Labute approximate surface area is 114 Å². The van der Waals surface area contributed by atoms with Crippen LogP contribution in [0.15, 0.2) is 0 Å². The van der Waals surface area contributed by atoms with E-state index in [1.54, 1.807) is 4.90 Å². The van der Waals surface area contributed by atoms with Crippen molar-refractivity contribution in [1.29, 1.82) is 0 Å². The molecule has 1 heterocycles. The van der Waals surface area contributed by atoms with Gasteiger partial charge in [0, 0.05) is 25.2 Å². The number of carboxylic acid groups (broad SMARTS) is 1.